The van der Waals surface area contributed by atoms with Crippen molar-refractivity contribution in [2.75, 3.05) is 11.6 Å². The zero-order chi connectivity index (χ0) is 21.6. The molecule has 8 nitrogen and oxygen atoms in total. The summed E-state index contributed by atoms with van der Waals surface area (Å²) in [5.41, 5.74) is 5.16. The maximum Gasteiger partial charge on any atom is 0.436 e. The average molecular weight is 425 g/mol. The standard InChI is InChI=1S/C18H19F4N7O/c1-3-27-8-6-13(25-27)29-12-5-9-28(10(2)15(12)24-26-29)17(30)11-4-7-23-16(14(11)19)18(20,21)22/h4,6-8,10,24,26H,3,5,9H2,1-2H3/t10-/m0/s1. The highest BCUT2D eigenvalue weighted by Crippen LogP contribution is 2.33. The zero-order valence-electron chi connectivity index (χ0n) is 16.2. The molecule has 2 N–H and O–H groups in total. The van der Waals surface area contributed by atoms with Gasteiger partial charge in [-0.1, -0.05) is 0 Å². The van der Waals surface area contributed by atoms with Gasteiger partial charge in [0.05, 0.1) is 23.0 Å². The van der Waals surface area contributed by atoms with E-state index in [1.165, 1.54) is 4.90 Å². The predicted molar refractivity (Wildman–Crippen MR) is 98.0 cm³/mol. The summed E-state index contributed by atoms with van der Waals surface area (Å²) in [6.07, 6.45) is -1.95. The van der Waals surface area contributed by atoms with Gasteiger partial charge < -0.3 is 10.3 Å². The molecule has 0 fully saturated rings. The molecule has 0 saturated carbocycles. The first-order valence-electron chi connectivity index (χ1n) is 9.33. The van der Waals surface area contributed by atoms with Gasteiger partial charge in [-0.2, -0.15) is 18.3 Å². The molecule has 0 spiro atoms. The Labute approximate surface area is 169 Å². The number of nitrogens with one attached hydrogen (secondary N) is 2. The van der Waals surface area contributed by atoms with Crippen molar-refractivity contribution in [2.45, 2.75) is 39.0 Å². The molecule has 0 bridgehead atoms. The van der Waals surface area contributed by atoms with Crippen molar-refractivity contribution in [1.29, 1.82) is 0 Å². The smallest absolute Gasteiger partial charge is 0.330 e. The highest BCUT2D eigenvalue weighted by molar-refractivity contribution is 5.95. The van der Waals surface area contributed by atoms with E-state index in [0.717, 1.165) is 18.0 Å². The summed E-state index contributed by atoms with van der Waals surface area (Å²) in [4.78, 5) is 17.3. The lowest BCUT2D eigenvalue weighted by Gasteiger charge is -2.34. The lowest BCUT2D eigenvalue weighted by atomic mass is 10.0. The number of hydrogen-bond donors (Lipinski definition) is 2. The van der Waals surface area contributed by atoms with E-state index >= 15 is 0 Å². The Balaban J connectivity index is 1.60. The molecule has 0 saturated heterocycles. The molecule has 0 aliphatic carbocycles. The first-order valence-corrected chi connectivity index (χ1v) is 9.33. The molecule has 0 radical (unpaired) electrons. The number of alkyl halides is 3. The van der Waals surface area contributed by atoms with Crippen LogP contribution in [0.5, 0.6) is 0 Å². The third kappa shape index (κ3) is 3.26. The molecule has 4 heterocycles. The van der Waals surface area contributed by atoms with Gasteiger partial charge in [0.25, 0.3) is 5.91 Å². The third-order valence-electron chi connectivity index (χ3n) is 5.19. The van der Waals surface area contributed by atoms with Crippen LogP contribution in [0.3, 0.4) is 0 Å². The highest BCUT2D eigenvalue weighted by atomic mass is 19.4. The Kier molecular flexibility index (Phi) is 4.88. The number of carbonyl (C=O) groups excluding carboxylic acids is 1. The van der Waals surface area contributed by atoms with Crippen LogP contribution in [-0.4, -0.2) is 38.2 Å². The van der Waals surface area contributed by atoms with E-state index in [1.54, 1.807) is 16.6 Å². The number of rotatable bonds is 3. The van der Waals surface area contributed by atoms with E-state index in [-0.39, 0.29) is 6.54 Å². The molecule has 0 aromatic carbocycles. The highest BCUT2D eigenvalue weighted by Gasteiger charge is 2.41. The average Bonchev–Trinajstić information content (AvgIpc) is 3.34. The summed E-state index contributed by atoms with van der Waals surface area (Å²) in [5, 5.41) is 6.19. The number of carbonyl (C=O) groups is 1. The van der Waals surface area contributed by atoms with Gasteiger partial charge in [0.15, 0.2) is 17.3 Å². The predicted octanol–water partition coefficient (Wildman–Crippen LogP) is 2.43. The summed E-state index contributed by atoms with van der Waals surface area (Å²) in [6.45, 7) is 4.60. The summed E-state index contributed by atoms with van der Waals surface area (Å²) in [5.74, 6) is -1.82. The summed E-state index contributed by atoms with van der Waals surface area (Å²) >= 11 is 0. The number of anilines is 1. The van der Waals surface area contributed by atoms with Crippen molar-refractivity contribution in [3.05, 3.63) is 53.0 Å². The van der Waals surface area contributed by atoms with E-state index in [9.17, 15) is 22.4 Å². The van der Waals surface area contributed by atoms with Crippen LogP contribution in [0, 0.1) is 5.82 Å². The van der Waals surface area contributed by atoms with Gasteiger partial charge in [0, 0.05) is 38.0 Å². The molecule has 12 heteroatoms. The van der Waals surface area contributed by atoms with E-state index in [1.807, 2.05) is 19.2 Å². The van der Waals surface area contributed by atoms with Crippen LogP contribution in [0.15, 0.2) is 35.9 Å². The molecule has 4 rings (SSSR count). The third-order valence-corrected chi connectivity index (χ3v) is 5.19. The molecule has 2 aromatic rings. The Morgan fingerprint density at radius 1 is 1.33 bits per heavy atom. The molecule has 1 atom stereocenters. The van der Waals surface area contributed by atoms with Crippen molar-refractivity contribution in [1.82, 2.24) is 30.6 Å². The SMILES string of the molecule is CCn1ccc(N2NNC3=C2CCN(C(=O)c2ccnc(C(F)(F)F)c2F)[C@H]3C)n1. The molecule has 2 aliphatic heterocycles. The van der Waals surface area contributed by atoms with Crippen LogP contribution >= 0.6 is 0 Å². The maximum absolute atomic E-state index is 14.4. The molecule has 2 aliphatic rings. The van der Waals surface area contributed by atoms with Crippen LogP contribution in [0.25, 0.3) is 0 Å². The number of hydrazine groups is 2. The fourth-order valence-electron chi connectivity index (χ4n) is 3.62. The zero-order valence-corrected chi connectivity index (χ0v) is 16.2. The van der Waals surface area contributed by atoms with Gasteiger partial charge in [0.2, 0.25) is 0 Å². The number of aryl methyl sites for hydroxylation is 1. The molecular weight excluding hydrogens is 406 g/mol. The van der Waals surface area contributed by atoms with Crippen LogP contribution in [0.2, 0.25) is 0 Å². The van der Waals surface area contributed by atoms with E-state index in [4.69, 9.17) is 0 Å². The molecule has 1 amide bonds. The minimum atomic E-state index is -4.98. The number of amides is 1. The quantitative estimate of drug-likeness (QED) is 0.736. The van der Waals surface area contributed by atoms with Gasteiger partial charge in [0.1, 0.15) is 0 Å². The Morgan fingerprint density at radius 3 is 2.77 bits per heavy atom. The topological polar surface area (TPSA) is 78.3 Å². The number of hydrogen-bond acceptors (Lipinski definition) is 6. The van der Waals surface area contributed by atoms with Crippen molar-refractivity contribution in [3.8, 4) is 0 Å². The summed E-state index contributed by atoms with van der Waals surface area (Å²) < 4.78 is 55.0. The van der Waals surface area contributed by atoms with Gasteiger partial charge in [-0.05, 0) is 19.9 Å². The number of nitrogens with zero attached hydrogens (tertiary/aromatic N) is 5. The van der Waals surface area contributed by atoms with Crippen molar-refractivity contribution in [3.63, 3.8) is 0 Å². The second-order valence-corrected chi connectivity index (χ2v) is 6.91. The monoisotopic (exact) mass is 425 g/mol. The van der Waals surface area contributed by atoms with E-state index in [2.05, 4.69) is 21.0 Å². The number of aromatic nitrogens is 3. The van der Waals surface area contributed by atoms with Crippen LogP contribution in [-0.2, 0) is 12.7 Å². The van der Waals surface area contributed by atoms with Crippen molar-refractivity contribution in [2.24, 2.45) is 0 Å². The Morgan fingerprint density at radius 2 is 2.10 bits per heavy atom. The molecular formula is C18H19F4N7O. The van der Waals surface area contributed by atoms with E-state index in [0.29, 0.717) is 24.5 Å². The van der Waals surface area contributed by atoms with Crippen LogP contribution < -0.4 is 16.0 Å². The van der Waals surface area contributed by atoms with Gasteiger partial charge in [-0.3, -0.25) is 9.48 Å². The lowest BCUT2D eigenvalue weighted by molar-refractivity contribution is -0.143. The number of halogens is 4. The minimum Gasteiger partial charge on any atom is -0.330 e. The van der Waals surface area contributed by atoms with Gasteiger partial charge >= 0.3 is 6.18 Å². The fraction of sp³-hybridized carbons (Fsp3) is 0.389. The summed E-state index contributed by atoms with van der Waals surface area (Å²) in [7, 11) is 0. The minimum absolute atomic E-state index is 0.205. The van der Waals surface area contributed by atoms with Gasteiger partial charge in [-0.25, -0.2) is 14.4 Å². The molecule has 0 unspecified atom stereocenters. The lowest BCUT2D eigenvalue weighted by Crippen LogP contribution is -2.46. The summed E-state index contributed by atoms with van der Waals surface area (Å²) in [6, 6.07) is 2.28. The van der Waals surface area contributed by atoms with Crippen LogP contribution in [0.1, 0.15) is 36.3 Å². The Bertz CT molecular complexity index is 1020. The first-order chi connectivity index (χ1) is 14.2. The van der Waals surface area contributed by atoms with Crippen molar-refractivity contribution < 1.29 is 22.4 Å². The molecule has 30 heavy (non-hydrogen) atoms. The maximum atomic E-state index is 14.4. The molecule has 2 aromatic heterocycles. The van der Waals surface area contributed by atoms with Crippen molar-refractivity contribution >= 4 is 11.7 Å². The van der Waals surface area contributed by atoms with Gasteiger partial charge in [-0.15, -0.1) is 5.53 Å². The normalized spacial score (nSPS) is 19.2. The Hall–Kier alpha value is -3.15. The molecule has 160 valence electrons. The first kappa shape index (κ1) is 20.1. The second kappa shape index (κ2) is 7.27. The van der Waals surface area contributed by atoms with Crippen LogP contribution in [0.4, 0.5) is 23.4 Å². The van der Waals surface area contributed by atoms with E-state index < -0.39 is 35.2 Å². The fourth-order valence-corrected chi connectivity index (χ4v) is 3.62. The second-order valence-electron chi connectivity index (χ2n) is 6.91. The largest absolute Gasteiger partial charge is 0.436 e. The number of pyridine rings is 1.